The Morgan fingerprint density at radius 1 is 1.19 bits per heavy atom. The van der Waals surface area contributed by atoms with Crippen molar-refractivity contribution in [2.45, 2.75) is 51.4 Å². The third-order valence-corrected chi connectivity index (χ3v) is 7.60. The molecule has 1 aliphatic heterocycles. The summed E-state index contributed by atoms with van der Waals surface area (Å²) < 4.78 is 42.8. The van der Waals surface area contributed by atoms with E-state index in [-0.39, 0.29) is 36.0 Å². The van der Waals surface area contributed by atoms with Gasteiger partial charge >= 0.3 is 6.18 Å². The lowest BCUT2D eigenvalue weighted by Crippen LogP contribution is -2.48. The van der Waals surface area contributed by atoms with Crippen LogP contribution in [0.4, 0.5) is 18.9 Å². The summed E-state index contributed by atoms with van der Waals surface area (Å²) in [5, 5.41) is 21.9. The molecule has 14 nitrogen and oxygen atoms in total. The number of carboxylic acid groups (broad SMARTS) is 1. The molecule has 0 radical (unpaired) electrons. The van der Waals surface area contributed by atoms with Crippen LogP contribution in [-0.2, 0) is 35.8 Å². The maximum absolute atomic E-state index is 13.6. The van der Waals surface area contributed by atoms with Crippen LogP contribution in [0.2, 0.25) is 0 Å². The van der Waals surface area contributed by atoms with Crippen molar-refractivity contribution < 1.29 is 37.5 Å². The van der Waals surface area contributed by atoms with E-state index in [4.69, 9.17) is 20.9 Å². The molecule has 252 valence electrons. The van der Waals surface area contributed by atoms with Crippen LogP contribution < -0.4 is 11.1 Å². The fourth-order valence-corrected chi connectivity index (χ4v) is 4.84. The molecule has 3 aromatic rings. The lowest BCUT2D eigenvalue weighted by atomic mass is 9.95. The molecule has 2 aliphatic rings. The van der Waals surface area contributed by atoms with Gasteiger partial charge in [-0.2, -0.15) is 23.5 Å². The Hall–Kier alpha value is -5.24. The first kappa shape index (κ1) is 36.2. The number of piperazine rings is 1. The highest BCUT2D eigenvalue weighted by atomic mass is 19.4. The predicted molar refractivity (Wildman–Crippen MR) is 163 cm³/mol. The molecule has 0 unspecified atom stereocenters. The van der Waals surface area contributed by atoms with E-state index < -0.39 is 17.8 Å². The van der Waals surface area contributed by atoms with E-state index >= 15 is 0 Å². The van der Waals surface area contributed by atoms with E-state index in [2.05, 4.69) is 15.4 Å². The first-order valence-corrected chi connectivity index (χ1v) is 14.7. The molecule has 0 atom stereocenters. The summed E-state index contributed by atoms with van der Waals surface area (Å²) in [6.07, 6.45) is 2.62. The van der Waals surface area contributed by atoms with Gasteiger partial charge in [0, 0.05) is 56.7 Å². The van der Waals surface area contributed by atoms with Crippen LogP contribution in [0.15, 0.2) is 30.6 Å². The van der Waals surface area contributed by atoms with Gasteiger partial charge in [0.15, 0.2) is 11.5 Å². The van der Waals surface area contributed by atoms with Crippen molar-refractivity contribution in [1.29, 1.82) is 5.26 Å². The van der Waals surface area contributed by atoms with E-state index in [1.807, 2.05) is 6.92 Å². The number of amides is 3. The lowest BCUT2D eigenvalue weighted by molar-refractivity contribution is -0.141. The molecular formula is C30H36F3N9O5. The fraction of sp³-hybridized carbons (Fsp3) is 0.433. The zero-order valence-electron chi connectivity index (χ0n) is 25.9. The lowest BCUT2D eigenvalue weighted by Gasteiger charge is -2.33. The second-order valence-corrected chi connectivity index (χ2v) is 10.7. The van der Waals surface area contributed by atoms with Crippen LogP contribution in [0.3, 0.4) is 0 Å². The number of hydrogen-bond donors (Lipinski definition) is 3. The fourth-order valence-electron chi connectivity index (χ4n) is 4.84. The standard InChI is InChI=1S/C25H25F3N8O3.C4H9N.CH2O2/c1-3-16-12-17(4-5-18(16)24(39)35-10-8-34(15-37)9-11-35)31-23(38)22-30-13-20(33(22)2)19-14-36(7-6-29)32-21(19)25(26,27)28;5-4-2-1-3-4;2-1-3/h4-5,12-15H,3,7-11H2,1-2H3,(H,31,38);4H,1-3,5H2;1H,(H,2,3). The number of carbonyl (C=O) groups excluding carboxylic acids is 3. The Bertz CT molecular complexity index is 1600. The van der Waals surface area contributed by atoms with Gasteiger partial charge in [-0.25, -0.2) is 4.98 Å². The van der Waals surface area contributed by atoms with Crippen molar-refractivity contribution in [1.82, 2.24) is 29.1 Å². The monoisotopic (exact) mass is 659 g/mol. The number of nitrogens with zero attached hydrogens (tertiary/aromatic N) is 7. The van der Waals surface area contributed by atoms with Gasteiger partial charge in [0.25, 0.3) is 18.3 Å². The highest BCUT2D eigenvalue weighted by Gasteiger charge is 2.38. The molecule has 1 aliphatic carbocycles. The quantitative estimate of drug-likeness (QED) is 0.320. The first-order chi connectivity index (χ1) is 22.4. The molecule has 5 rings (SSSR count). The average molecular weight is 660 g/mol. The number of rotatable bonds is 7. The molecule has 0 bridgehead atoms. The smallest absolute Gasteiger partial charge is 0.435 e. The van der Waals surface area contributed by atoms with Gasteiger partial charge < -0.3 is 30.5 Å². The molecule has 17 heteroatoms. The zero-order chi connectivity index (χ0) is 34.7. The van der Waals surface area contributed by atoms with E-state index in [1.165, 1.54) is 30.9 Å². The minimum Gasteiger partial charge on any atom is -0.483 e. The number of carbonyl (C=O) groups is 4. The van der Waals surface area contributed by atoms with Gasteiger partial charge in [-0.05, 0) is 43.0 Å². The number of nitriles is 1. The number of benzene rings is 1. The van der Waals surface area contributed by atoms with Crippen LogP contribution in [0, 0.1) is 11.3 Å². The molecule has 47 heavy (non-hydrogen) atoms. The second-order valence-electron chi connectivity index (χ2n) is 10.7. The Balaban J connectivity index is 0.000000663. The van der Waals surface area contributed by atoms with Crippen LogP contribution in [0.1, 0.15) is 58.4 Å². The Morgan fingerprint density at radius 3 is 2.34 bits per heavy atom. The summed E-state index contributed by atoms with van der Waals surface area (Å²) in [7, 11) is 1.41. The van der Waals surface area contributed by atoms with Crippen LogP contribution in [0.25, 0.3) is 11.3 Å². The highest BCUT2D eigenvalue weighted by Crippen LogP contribution is 2.36. The van der Waals surface area contributed by atoms with E-state index in [0.29, 0.717) is 55.5 Å². The van der Waals surface area contributed by atoms with E-state index in [0.717, 1.165) is 23.5 Å². The number of aryl methyl sites for hydroxylation is 1. The predicted octanol–water partition coefficient (Wildman–Crippen LogP) is 2.75. The molecule has 1 saturated carbocycles. The molecular weight excluding hydrogens is 623 g/mol. The summed E-state index contributed by atoms with van der Waals surface area (Å²) in [4.78, 5) is 52.7. The number of halogens is 3. The molecule has 1 aromatic carbocycles. The van der Waals surface area contributed by atoms with Gasteiger partial charge in [-0.3, -0.25) is 23.9 Å². The van der Waals surface area contributed by atoms with Crippen molar-refractivity contribution in [2.24, 2.45) is 12.8 Å². The van der Waals surface area contributed by atoms with Crippen LogP contribution in [-0.4, -0.2) is 91.2 Å². The summed E-state index contributed by atoms with van der Waals surface area (Å²) >= 11 is 0. The summed E-state index contributed by atoms with van der Waals surface area (Å²) in [6.45, 7) is 3.01. The van der Waals surface area contributed by atoms with Crippen molar-refractivity contribution >= 4 is 30.4 Å². The number of aromatic nitrogens is 4. The largest absolute Gasteiger partial charge is 0.483 e. The highest BCUT2D eigenvalue weighted by molar-refractivity contribution is 6.03. The third kappa shape index (κ3) is 9.16. The third-order valence-electron chi connectivity index (χ3n) is 7.60. The van der Waals surface area contributed by atoms with Gasteiger partial charge in [-0.1, -0.05) is 13.3 Å². The number of imidazole rings is 1. The number of alkyl halides is 3. The zero-order valence-corrected chi connectivity index (χ0v) is 25.9. The van der Waals surface area contributed by atoms with Gasteiger partial charge in [0.1, 0.15) is 6.54 Å². The normalized spacial score (nSPS) is 14.4. The van der Waals surface area contributed by atoms with Crippen molar-refractivity contribution in [2.75, 3.05) is 31.5 Å². The molecule has 2 fully saturated rings. The van der Waals surface area contributed by atoms with Crippen LogP contribution in [0.5, 0.6) is 0 Å². The average Bonchev–Trinajstić information content (AvgIpc) is 3.64. The van der Waals surface area contributed by atoms with Crippen molar-refractivity contribution in [3.05, 3.63) is 53.2 Å². The Labute approximate surface area is 268 Å². The number of nitrogens with one attached hydrogen (secondary N) is 1. The molecule has 3 amide bonds. The number of nitrogens with two attached hydrogens (primary N) is 1. The van der Waals surface area contributed by atoms with Crippen molar-refractivity contribution in [3.63, 3.8) is 0 Å². The summed E-state index contributed by atoms with van der Waals surface area (Å²) in [5.41, 5.74) is 5.47. The minimum atomic E-state index is -4.78. The first-order valence-electron chi connectivity index (χ1n) is 14.7. The summed E-state index contributed by atoms with van der Waals surface area (Å²) in [6, 6.07) is 7.17. The topological polar surface area (TPSA) is 192 Å². The minimum absolute atomic E-state index is 0.00142. The molecule has 2 aromatic heterocycles. The summed E-state index contributed by atoms with van der Waals surface area (Å²) in [5.74, 6) is -0.966. The van der Waals surface area contributed by atoms with E-state index in [1.54, 1.807) is 34.1 Å². The van der Waals surface area contributed by atoms with Gasteiger partial charge in [0.05, 0.1) is 23.5 Å². The molecule has 0 spiro atoms. The van der Waals surface area contributed by atoms with Crippen molar-refractivity contribution in [3.8, 4) is 17.3 Å². The van der Waals surface area contributed by atoms with Gasteiger partial charge in [-0.15, -0.1) is 0 Å². The van der Waals surface area contributed by atoms with E-state index in [9.17, 15) is 27.6 Å². The number of anilines is 1. The maximum atomic E-state index is 13.6. The SMILES string of the molecule is CCc1cc(NC(=O)c2ncc(-c3cn(CC#N)nc3C(F)(F)F)n2C)ccc1C(=O)N1CCN(C=O)CC1.NC1CCC1.O=CO. The Morgan fingerprint density at radius 2 is 1.83 bits per heavy atom. The maximum Gasteiger partial charge on any atom is 0.435 e. The molecule has 3 heterocycles. The Kier molecular flexibility index (Phi) is 12.6. The second kappa shape index (κ2) is 16.4. The van der Waals surface area contributed by atoms with Crippen LogP contribution >= 0.6 is 0 Å². The molecule has 4 N–H and O–H groups in total. The van der Waals surface area contributed by atoms with Gasteiger partial charge in [0.2, 0.25) is 6.41 Å². The molecule has 1 saturated heterocycles. The number of hydrogen-bond acceptors (Lipinski definition) is 8.